The van der Waals surface area contributed by atoms with E-state index >= 15 is 4.39 Å². The molecule has 17 heteroatoms. The number of allylic oxidation sites excluding steroid dienone is 1. The fourth-order valence-corrected chi connectivity index (χ4v) is 9.74. The van der Waals surface area contributed by atoms with Crippen LogP contribution in [0.1, 0.15) is 54.4 Å². The SMILES string of the molecule is O=C(NS(=O)c1ccc(N[C@H]2COCCO2)c([N+](=O)[O-])c1)c1ccc(N2CCN(CC3=C(c4ccc(Cl)cc4)CC4(CCC4)CC3)CC2)c(F)c1Oc1cnc2[nH]ccc2c1. The van der Waals surface area contributed by atoms with Gasteiger partial charge >= 0.3 is 0 Å². The molecule has 4 heterocycles. The molecule has 2 saturated heterocycles. The van der Waals surface area contributed by atoms with E-state index in [1.807, 2.05) is 17.0 Å². The zero-order valence-electron chi connectivity index (χ0n) is 33.3. The molecular weight excluding hydrogens is 825 g/mol. The molecule has 2 atom stereocenters. The van der Waals surface area contributed by atoms with Crippen molar-refractivity contribution in [1.82, 2.24) is 19.6 Å². The highest BCUT2D eigenvalue weighted by Crippen LogP contribution is 2.55. The highest BCUT2D eigenvalue weighted by molar-refractivity contribution is 7.83. The van der Waals surface area contributed by atoms with Crippen molar-refractivity contribution in [3.05, 3.63) is 117 Å². The molecule has 1 saturated carbocycles. The maximum absolute atomic E-state index is 16.9. The van der Waals surface area contributed by atoms with Crippen LogP contribution in [0.5, 0.6) is 11.5 Å². The summed E-state index contributed by atoms with van der Waals surface area (Å²) in [7, 11) is -2.27. The quantitative estimate of drug-likeness (QED) is 0.0818. The zero-order valence-corrected chi connectivity index (χ0v) is 34.9. The number of nitro groups is 1. The first kappa shape index (κ1) is 41.0. The van der Waals surface area contributed by atoms with Crippen LogP contribution in [0.15, 0.2) is 89.6 Å². The van der Waals surface area contributed by atoms with Crippen molar-refractivity contribution in [2.75, 3.05) is 62.8 Å². The number of pyridine rings is 1. The number of H-pyrrole nitrogens is 1. The van der Waals surface area contributed by atoms with E-state index < -0.39 is 33.9 Å². The van der Waals surface area contributed by atoms with Gasteiger partial charge in [-0.25, -0.2) is 13.6 Å². The lowest BCUT2D eigenvalue weighted by Gasteiger charge is -2.47. The monoisotopic (exact) mass is 869 g/mol. The van der Waals surface area contributed by atoms with Crippen LogP contribution < -0.4 is 19.7 Å². The van der Waals surface area contributed by atoms with Gasteiger partial charge in [-0.3, -0.25) is 24.5 Å². The third kappa shape index (κ3) is 8.86. The Morgan fingerprint density at radius 3 is 2.62 bits per heavy atom. The Kier molecular flexibility index (Phi) is 11.8. The molecule has 9 rings (SSSR count). The molecular formula is C44H45ClFN7O7S. The van der Waals surface area contributed by atoms with Crippen LogP contribution in [-0.4, -0.2) is 88.7 Å². The third-order valence-electron chi connectivity index (χ3n) is 12.3. The highest BCUT2D eigenvalue weighted by atomic mass is 35.5. The first-order valence-corrected chi connectivity index (χ1v) is 22.0. The smallest absolute Gasteiger partial charge is 0.293 e. The molecule has 1 unspecified atom stereocenters. The fraction of sp³-hybridized carbons (Fsp3) is 0.364. The van der Waals surface area contributed by atoms with Crippen molar-refractivity contribution in [3.63, 3.8) is 0 Å². The van der Waals surface area contributed by atoms with Crippen LogP contribution in [0.25, 0.3) is 16.6 Å². The standard InChI is InChI=1S/C44H45ClFN7O7S/c45-31-4-2-28(3-5-31)35-24-44(12-1-13-44)14-10-30(35)26-51-16-18-52(19-17-51)37-9-7-34(41(40(37)46)60-32-22-29-11-15-47-42(29)48-25-32)43(54)50-61(57)33-6-8-36(38(23-33)53(55)56)49-39-27-58-20-21-59-39/h2-9,11,15,22-23,25,39,49H,1,10,12-14,16-21,24,26-27H2,(H,47,48)(H,50,54)/t39-,61?/m1/s1. The van der Waals surface area contributed by atoms with E-state index in [1.165, 1.54) is 72.9 Å². The predicted octanol–water partition coefficient (Wildman–Crippen LogP) is 8.22. The molecule has 61 heavy (non-hydrogen) atoms. The van der Waals surface area contributed by atoms with Crippen molar-refractivity contribution in [2.45, 2.75) is 49.6 Å². The number of hydrogen-bond acceptors (Lipinski definition) is 11. The number of ether oxygens (including phenoxy) is 3. The van der Waals surface area contributed by atoms with Crippen LogP contribution in [0.4, 0.5) is 21.5 Å². The van der Waals surface area contributed by atoms with E-state index in [1.54, 1.807) is 18.3 Å². The Morgan fingerprint density at radius 2 is 1.89 bits per heavy atom. The van der Waals surface area contributed by atoms with Gasteiger partial charge in [0.05, 0.1) is 47.1 Å². The van der Waals surface area contributed by atoms with Gasteiger partial charge in [-0.1, -0.05) is 35.7 Å². The molecule has 0 bridgehead atoms. The number of nitrogens with one attached hydrogen (secondary N) is 3. The number of hydrogen-bond donors (Lipinski definition) is 3. The molecule has 3 N–H and O–H groups in total. The van der Waals surface area contributed by atoms with E-state index in [0.29, 0.717) is 50.5 Å². The van der Waals surface area contributed by atoms with E-state index in [2.05, 4.69) is 37.0 Å². The Balaban J connectivity index is 0.939. The molecule has 1 spiro atoms. The molecule has 2 aliphatic heterocycles. The number of anilines is 2. The zero-order chi connectivity index (χ0) is 42.1. The summed E-state index contributed by atoms with van der Waals surface area (Å²) >= 11 is 6.26. The van der Waals surface area contributed by atoms with E-state index in [-0.39, 0.29) is 45.6 Å². The average Bonchev–Trinajstić information content (AvgIpc) is 3.73. The maximum Gasteiger partial charge on any atom is 0.293 e. The number of benzene rings is 3. The molecule has 0 radical (unpaired) electrons. The van der Waals surface area contributed by atoms with Gasteiger partial charge in [-0.05, 0) is 97.2 Å². The van der Waals surface area contributed by atoms with Gasteiger partial charge in [0.2, 0.25) is 0 Å². The normalized spacial score (nSPS) is 19.7. The first-order chi connectivity index (χ1) is 29.6. The topological polar surface area (TPSA) is 164 Å². The van der Waals surface area contributed by atoms with E-state index in [9.17, 15) is 19.1 Å². The number of nitro benzene ring substituents is 1. The number of fused-ring (bicyclic) bond motifs is 1. The fourth-order valence-electron chi connectivity index (χ4n) is 8.81. The Labute approximate surface area is 359 Å². The lowest BCUT2D eigenvalue weighted by Crippen LogP contribution is -2.47. The second-order valence-electron chi connectivity index (χ2n) is 16.1. The van der Waals surface area contributed by atoms with Crippen molar-refractivity contribution in [1.29, 1.82) is 0 Å². The van der Waals surface area contributed by atoms with Gasteiger partial charge in [0, 0.05) is 55.4 Å². The van der Waals surface area contributed by atoms with Crippen LogP contribution in [0.2, 0.25) is 5.02 Å². The lowest BCUT2D eigenvalue weighted by molar-refractivity contribution is -0.384. The molecule has 1 amide bonds. The second-order valence-corrected chi connectivity index (χ2v) is 17.7. The van der Waals surface area contributed by atoms with Gasteiger partial charge in [0.15, 0.2) is 28.8 Å². The number of aromatic amines is 1. The summed E-state index contributed by atoms with van der Waals surface area (Å²) < 4.78 is 49.9. The summed E-state index contributed by atoms with van der Waals surface area (Å²) in [5.41, 5.74) is 4.97. The highest BCUT2D eigenvalue weighted by Gasteiger charge is 2.41. The number of amides is 1. The van der Waals surface area contributed by atoms with Crippen molar-refractivity contribution in [3.8, 4) is 11.5 Å². The predicted molar refractivity (Wildman–Crippen MR) is 231 cm³/mol. The molecule has 3 aromatic carbocycles. The number of nitrogens with zero attached hydrogens (tertiary/aromatic N) is 4. The summed E-state index contributed by atoms with van der Waals surface area (Å²) in [6.07, 6.45) is 9.77. The van der Waals surface area contributed by atoms with Crippen LogP contribution in [-0.2, 0) is 20.5 Å². The molecule has 318 valence electrons. The minimum atomic E-state index is -2.27. The van der Waals surface area contributed by atoms with Crippen molar-refractivity contribution >= 4 is 62.2 Å². The van der Waals surface area contributed by atoms with Gasteiger partial charge in [-0.2, -0.15) is 0 Å². The summed E-state index contributed by atoms with van der Waals surface area (Å²) in [6, 6.07) is 18.5. The Hall–Kier alpha value is -5.39. The summed E-state index contributed by atoms with van der Waals surface area (Å²) in [6.45, 7) is 4.27. The number of piperazine rings is 1. The Morgan fingerprint density at radius 1 is 1.07 bits per heavy atom. The molecule has 3 fully saturated rings. The Bertz CT molecular complexity index is 2520. The number of carbonyl (C=O) groups is 1. The maximum atomic E-state index is 16.9. The first-order valence-electron chi connectivity index (χ1n) is 20.5. The van der Waals surface area contributed by atoms with Crippen LogP contribution in [0.3, 0.4) is 0 Å². The molecule has 2 aromatic heterocycles. The van der Waals surface area contributed by atoms with E-state index in [4.69, 9.17) is 25.8 Å². The minimum Gasteiger partial charge on any atom is -0.452 e. The number of halogens is 2. The summed E-state index contributed by atoms with van der Waals surface area (Å²) in [4.78, 5) is 36.9. The van der Waals surface area contributed by atoms with E-state index in [0.717, 1.165) is 35.9 Å². The van der Waals surface area contributed by atoms with Crippen molar-refractivity contribution in [2.24, 2.45) is 5.41 Å². The largest absolute Gasteiger partial charge is 0.452 e. The summed E-state index contributed by atoms with van der Waals surface area (Å²) in [5, 5.41) is 16.4. The minimum absolute atomic E-state index is 0.0437. The number of rotatable bonds is 12. The third-order valence-corrected chi connectivity index (χ3v) is 13.6. The summed E-state index contributed by atoms with van der Waals surface area (Å²) in [5.74, 6) is -1.84. The molecule has 14 nitrogen and oxygen atoms in total. The molecule has 4 aliphatic rings. The average molecular weight is 870 g/mol. The van der Waals surface area contributed by atoms with Gasteiger partial charge in [0.1, 0.15) is 17.1 Å². The van der Waals surface area contributed by atoms with Gasteiger partial charge in [-0.15, -0.1) is 0 Å². The number of aromatic nitrogens is 2. The van der Waals surface area contributed by atoms with Crippen LogP contribution in [0, 0.1) is 21.3 Å². The van der Waals surface area contributed by atoms with Crippen molar-refractivity contribution < 1.29 is 32.5 Å². The van der Waals surface area contributed by atoms with Gasteiger partial charge in [0.25, 0.3) is 11.6 Å². The van der Waals surface area contributed by atoms with Gasteiger partial charge < -0.3 is 29.4 Å². The van der Waals surface area contributed by atoms with Crippen LogP contribution >= 0.6 is 11.6 Å². The molecule has 5 aromatic rings. The number of carbonyl (C=O) groups excluding carboxylic acids is 1. The second kappa shape index (κ2) is 17.5. The lowest BCUT2D eigenvalue weighted by atomic mass is 9.59. The molecule has 2 aliphatic carbocycles.